The number of aliphatic hydroxyl groups excluding tert-OH is 3. The standard InChI is InChI=1S/C10H13N5O4.Na.H2O.H/c11-8-5-9(13-2-12-8)15(3-14-5)10-7(18)6(17)4(1-16)19-10;;;/h2-4,6-7,10,16-18H,1H2,(H2,11,12,13);;1H2;/q;+1;;-1/t4-,6-,7+,10-;;;/m1.../s1. The van der Waals surface area contributed by atoms with Crippen LogP contribution in [0.4, 0.5) is 5.82 Å². The fraction of sp³-hybridized carbons (Fsp3) is 0.500. The third-order valence-corrected chi connectivity index (χ3v) is 3.18. The smallest absolute Gasteiger partial charge is 1.00 e. The molecule has 0 unspecified atom stereocenters. The van der Waals surface area contributed by atoms with E-state index in [0.29, 0.717) is 11.2 Å². The van der Waals surface area contributed by atoms with Gasteiger partial charge in [-0.15, -0.1) is 0 Å². The number of nitrogens with zero attached hydrogens (tertiary/aromatic N) is 4. The minimum atomic E-state index is -1.19. The van der Waals surface area contributed by atoms with Crippen LogP contribution < -0.4 is 35.3 Å². The number of nitrogen functional groups attached to an aromatic ring is 1. The van der Waals surface area contributed by atoms with E-state index in [2.05, 4.69) is 15.0 Å². The van der Waals surface area contributed by atoms with E-state index in [1.54, 1.807) is 0 Å². The van der Waals surface area contributed by atoms with Gasteiger partial charge in [0.25, 0.3) is 0 Å². The Kier molecular flexibility index (Phi) is 6.01. The fourth-order valence-corrected chi connectivity index (χ4v) is 2.17. The van der Waals surface area contributed by atoms with Crippen molar-refractivity contribution in [3.63, 3.8) is 0 Å². The molecule has 2 aromatic rings. The van der Waals surface area contributed by atoms with Crippen molar-refractivity contribution in [2.24, 2.45) is 0 Å². The number of aromatic nitrogens is 4. The molecule has 7 N–H and O–H groups in total. The largest absolute Gasteiger partial charge is 1.00 e. The Bertz CT molecular complexity index is 616. The Balaban J connectivity index is 0.00000147. The molecule has 0 aliphatic carbocycles. The first-order valence-corrected chi connectivity index (χ1v) is 5.69. The molecule has 112 valence electrons. The van der Waals surface area contributed by atoms with Crippen LogP contribution in [0.5, 0.6) is 0 Å². The van der Waals surface area contributed by atoms with Crippen LogP contribution >= 0.6 is 0 Å². The van der Waals surface area contributed by atoms with Crippen molar-refractivity contribution >= 4 is 17.0 Å². The summed E-state index contributed by atoms with van der Waals surface area (Å²) < 4.78 is 6.85. The molecule has 4 atom stereocenters. The molecule has 0 saturated carbocycles. The third kappa shape index (κ3) is 2.89. The zero-order valence-corrected chi connectivity index (χ0v) is 13.3. The maximum Gasteiger partial charge on any atom is 1.00 e. The van der Waals surface area contributed by atoms with Gasteiger partial charge in [-0.25, -0.2) is 15.0 Å². The Morgan fingerprint density at radius 2 is 2.00 bits per heavy atom. The second-order valence-electron chi connectivity index (χ2n) is 4.31. The van der Waals surface area contributed by atoms with Crippen molar-refractivity contribution in [3.05, 3.63) is 12.7 Å². The molecule has 0 radical (unpaired) electrons. The van der Waals surface area contributed by atoms with Gasteiger partial charge in [-0.05, 0) is 0 Å². The molecule has 1 aliphatic heterocycles. The molecular weight excluding hydrogens is 293 g/mol. The molecule has 0 aromatic carbocycles. The number of rotatable bonds is 2. The van der Waals surface area contributed by atoms with Crippen molar-refractivity contribution < 1.29 is 56.5 Å². The summed E-state index contributed by atoms with van der Waals surface area (Å²) in [5, 5.41) is 28.7. The fourth-order valence-electron chi connectivity index (χ4n) is 2.17. The number of imidazole rings is 1. The van der Waals surface area contributed by atoms with Gasteiger partial charge in [0.2, 0.25) is 0 Å². The van der Waals surface area contributed by atoms with E-state index in [9.17, 15) is 10.2 Å². The summed E-state index contributed by atoms with van der Waals surface area (Å²) in [5.74, 6) is 0.218. The Morgan fingerprint density at radius 1 is 1.29 bits per heavy atom. The van der Waals surface area contributed by atoms with Gasteiger partial charge in [0.15, 0.2) is 17.7 Å². The zero-order chi connectivity index (χ0) is 13.6. The third-order valence-electron chi connectivity index (χ3n) is 3.18. The molecule has 1 aliphatic rings. The second-order valence-corrected chi connectivity index (χ2v) is 4.31. The van der Waals surface area contributed by atoms with Crippen LogP contribution in [-0.2, 0) is 4.74 Å². The normalized spacial score (nSPS) is 28.1. The van der Waals surface area contributed by atoms with E-state index in [4.69, 9.17) is 15.6 Å². The predicted octanol–water partition coefficient (Wildman–Crippen LogP) is -5.69. The summed E-state index contributed by atoms with van der Waals surface area (Å²) in [6, 6.07) is 0. The quantitative estimate of drug-likeness (QED) is 0.397. The average molecular weight is 309 g/mol. The molecule has 3 heterocycles. The van der Waals surface area contributed by atoms with E-state index in [1.807, 2.05) is 0 Å². The van der Waals surface area contributed by atoms with Gasteiger partial charge < -0.3 is 32.7 Å². The van der Waals surface area contributed by atoms with E-state index in [-0.39, 0.29) is 42.3 Å². The van der Waals surface area contributed by atoms with Gasteiger partial charge in [-0.2, -0.15) is 0 Å². The topological polar surface area (TPSA) is 171 Å². The summed E-state index contributed by atoms with van der Waals surface area (Å²) in [6.45, 7) is -0.390. The van der Waals surface area contributed by atoms with E-state index >= 15 is 0 Å². The van der Waals surface area contributed by atoms with Gasteiger partial charge >= 0.3 is 29.6 Å². The van der Waals surface area contributed by atoms with Crippen LogP contribution in [0.1, 0.15) is 7.65 Å². The van der Waals surface area contributed by atoms with Gasteiger partial charge in [0.1, 0.15) is 30.2 Å². The van der Waals surface area contributed by atoms with Gasteiger partial charge in [0, 0.05) is 0 Å². The molecule has 21 heavy (non-hydrogen) atoms. The Hall–Kier alpha value is -0.850. The first kappa shape index (κ1) is 18.2. The first-order chi connectivity index (χ1) is 9.13. The molecule has 0 bridgehead atoms. The second kappa shape index (κ2) is 6.94. The van der Waals surface area contributed by atoms with Crippen molar-refractivity contribution in [2.75, 3.05) is 12.3 Å². The van der Waals surface area contributed by atoms with Crippen LogP contribution in [-0.4, -0.2) is 65.2 Å². The number of hydrogen-bond acceptors (Lipinski definition) is 8. The van der Waals surface area contributed by atoms with Crippen molar-refractivity contribution in [2.45, 2.75) is 24.5 Å². The summed E-state index contributed by atoms with van der Waals surface area (Å²) in [4.78, 5) is 11.9. The summed E-state index contributed by atoms with van der Waals surface area (Å²) in [7, 11) is 0. The molecule has 1 fully saturated rings. The van der Waals surface area contributed by atoms with Gasteiger partial charge in [0.05, 0.1) is 12.9 Å². The number of ether oxygens (including phenoxy) is 1. The summed E-state index contributed by atoms with van der Waals surface area (Å²) in [5.41, 5.74) is 6.44. The summed E-state index contributed by atoms with van der Waals surface area (Å²) in [6.07, 6.45) is -1.42. The number of nitrogens with two attached hydrogens (primary N) is 1. The van der Waals surface area contributed by atoms with Crippen LogP contribution in [0.2, 0.25) is 0 Å². The van der Waals surface area contributed by atoms with E-state index in [0.717, 1.165) is 0 Å². The Labute approximate surface area is 142 Å². The molecule has 0 spiro atoms. The molecule has 10 nitrogen and oxygen atoms in total. The molecular formula is C10H16N5NaO5. The maximum absolute atomic E-state index is 9.95. The zero-order valence-electron chi connectivity index (χ0n) is 12.3. The van der Waals surface area contributed by atoms with Gasteiger partial charge in [-0.3, -0.25) is 4.57 Å². The van der Waals surface area contributed by atoms with E-state index < -0.39 is 31.1 Å². The maximum atomic E-state index is 9.95. The minimum absolute atomic E-state index is 0. The molecule has 3 rings (SSSR count). The van der Waals surface area contributed by atoms with Crippen LogP contribution in [0.25, 0.3) is 11.2 Å². The number of aliphatic hydroxyl groups is 3. The number of anilines is 1. The predicted molar refractivity (Wildman–Crippen MR) is 67.5 cm³/mol. The first-order valence-electron chi connectivity index (χ1n) is 5.69. The van der Waals surface area contributed by atoms with Crippen LogP contribution in [0.15, 0.2) is 12.7 Å². The Morgan fingerprint density at radius 3 is 2.62 bits per heavy atom. The van der Waals surface area contributed by atoms with Crippen LogP contribution in [0.3, 0.4) is 0 Å². The summed E-state index contributed by atoms with van der Waals surface area (Å²) >= 11 is 0. The molecule has 2 aromatic heterocycles. The SMILES string of the molecule is Nc1ncnc2c1ncn2[C@@H]1O[C@H](CO)[C@@H](O)[C@@H]1O.O.[H-].[Na+]. The molecule has 0 amide bonds. The molecule has 1 saturated heterocycles. The van der Waals surface area contributed by atoms with Crippen molar-refractivity contribution in [3.8, 4) is 0 Å². The minimum Gasteiger partial charge on any atom is -1.00 e. The van der Waals surface area contributed by atoms with E-state index in [1.165, 1.54) is 17.2 Å². The number of hydrogen-bond donors (Lipinski definition) is 4. The number of fused-ring (bicyclic) bond motifs is 1. The molecule has 11 heteroatoms. The van der Waals surface area contributed by atoms with Gasteiger partial charge in [-0.1, -0.05) is 0 Å². The van der Waals surface area contributed by atoms with Crippen LogP contribution in [0, 0.1) is 0 Å². The monoisotopic (exact) mass is 309 g/mol. The van der Waals surface area contributed by atoms with Crippen molar-refractivity contribution in [1.82, 2.24) is 19.5 Å². The van der Waals surface area contributed by atoms with Crippen molar-refractivity contribution in [1.29, 1.82) is 0 Å². The average Bonchev–Trinajstić information content (AvgIpc) is 2.94.